The van der Waals surface area contributed by atoms with Crippen molar-refractivity contribution >= 4 is 28.5 Å². The number of alkyl halides is 1. The van der Waals surface area contributed by atoms with E-state index in [-0.39, 0.29) is 5.91 Å². The van der Waals surface area contributed by atoms with E-state index in [4.69, 9.17) is 20.8 Å². The molecule has 1 aliphatic rings. The Morgan fingerprint density at radius 2 is 2.24 bits per heavy atom. The van der Waals surface area contributed by atoms with Gasteiger partial charge in [0.1, 0.15) is 11.3 Å². The van der Waals surface area contributed by atoms with Gasteiger partial charge in [-0.2, -0.15) is 0 Å². The Hall–Kier alpha value is -2.53. The van der Waals surface area contributed by atoms with Crippen LogP contribution in [0.25, 0.3) is 11.0 Å². The zero-order valence-electron chi connectivity index (χ0n) is 13.4. The van der Waals surface area contributed by atoms with Gasteiger partial charge in [-0.3, -0.25) is 9.78 Å². The fourth-order valence-corrected chi connectivity index (χ4v) is 2.98. The first kappa shape index (κ1) is 16.0. The number of aromatic nitrogens is 1. The Kier molecular flexibility index (Phi) is 4.32. The molecule has 25 heavy (non-hydrogen) atoms. The topological polar surface area (TPSA) is 64.4 Å². The molecule has 128 valence electrons. The molecule has 2 heterocycles. The number of nitrogens with zero attached hydrogens (tertiary/aromatic N) is 1. The Labute approximate surface area is 149 Å². The van der Waals surface area contributed by atoms with Gasteiger partial charge < -0.3 is 14.5 Å². The van der Waals surface area contributed by atoms with E-state index in [1.165, 1.54) is 6.20 Å². The van der Waals surface area contributed by atoms with Crippen LogP contribution in [0.1, 0.15) is 28.8 Å². The van der Waals surface area contributed by atoms with Crippen molar-refractivity contribution in [3.05, 3.63) is 60.1 Å². The Balaban J connectivity index is 1.45. The van der Waals surface area contributed by atoms with E-state index in [1.54, 1.807) is 18.5 Å². The summed E-state index contributed by atoms with van der Waals surface area (Å²) in [6, 6.07) is 9.37. The van der Waals surface area contributed by atoms with Gasteiger partial charge >= 0.3 is 0 Å². The number of hydrogen-bond acceptors (Lipinski definition) is 4. The van der Waals surface area contributed by atoms with E-state index in [9.17, 15) is 4.79 Å². The van der Waals surface area contributed by atoms with Crippen LogP contribution in [0.3, 0.4) is 0 Å². The summed E-state index contributed by atoms with van der Waals surface area (Å²) in [7, 11) is 0. The van der Waals surface area contributed by atoms with E-state index >= 15 is 0 Å². The normalized spacial score (nSPS) is 15.1. The highest BCUT2D eigenvalue weighted by atomic mass is 35.5. The molecule has 0 bridgehead atoms. The number of amides is 1. The van der Waals surface area contributed by atoms with Crippen molar-refractivity contribution < 1.29 is 13.9 Å². The number of hydrogen-bond donors (Lipinski definition) is 1. The van der Waals surface area contributed by atoms with Gasteiger partial charge in [0.2, 0.25) is 0 Å². The molecule has 4 rings (SSSR count). The zero-order valence-corrected chi connectivity index (χ0v) is 14.2. The lowest BCUT2D eigenvalue weighted by molar-refractivity contribution is 0.0945. The molecule has 6 heteroatoms. The number of furan rings is 1. The van der Waals surface area contributed by atoms with Crippen LogP contribution in [-0.2, 0) is 6.54 Å². The van der Waals surface area contributed by atoms with Crippen LogP contribution in [-0.4, -0.2) is 16.5 Å². The van der Waals surface area contributed by atoms with Crippen LogP contribution in [0.2, 0.25) is 0 Å². The second kappa shape index (κ2) is 6.76. The van der Waals surface area contributed by atoms with Crippen molar-refractivity contribution in [2.24, 2.45) is 5.92 Å². The third-order valence-corrected chi connectivity index (χ3v) is 4.67. The number of fused-ring (bicyclic) bond motifs is 1. The van der Waals surface area contributed by atoms with Gasteiger partial charge in [-0.25, -0.2) is 0 Å². The first-order valence-electron chi connectivity index (χ1n) is 8.20. The van der Waals surface area contributed by atoms with Crippen molar-refractivity contribution in [2.45, 2.75) is 24.9 Å². The van der Waals surface area contributed by atoms with Crippen LogP contribution in [0, 0.1) is 5.92 Å². The lowest BCUT2D eigenvalue weighted by Crippen LogP contribution is -2.24. The molecule has 1 amide bonds. The maximum Gasteiger partial charge on any atom is 0.256 e. The maximum absolute atomic E-state index is 12.5. The fourth-order valence-electron chi connectivity index (χ4n) is 2.63. The lowest BCUT2D eigenvalue weighted by Gasteiger charge is -2.15. The molecule has 1 fully saturated rings. The fraction of sp³-hybridized carbons (Fsp3) is 0.263. The summed E-state index contributed by atoms with van der Waals surface area (Å²) < 4.78 is 11.1. The summed E-state index contributed by atoms with van der Waals surface area (Å²) >= 11 is 6.22. The molecule has 0 radical (unpaired) electrons. The molecule has 0 spiro atoms. The maximum atomic E-state index is 12.5. The third kappa shape index (κ3) is 3.61. The van der Waals surface area contributed by atoms with Crippen LogP contribution in [0.15, 0.2) is 53.4 Å². The van der Waals surface area contributed by atoms with Gasteiger partial charge in [0.15, 0.2) is 5.56 Å². The highest BCUT2D eigenvalue weighted by Crippen LogP contribution is 2.37. The number of benzene rings is 1. The number of nitrogens with one attached hydrogen (secondary N) is 1. The van der Waals surface area contributed by atoms with Gasteiger partial charge in [0.25, 0.3) is 5.91 Å². The minimum absolute atomic E-state index is 0.241. The molecule has 2 aromatic heterocycles. The molecular formula is C19H17ClN2O3. The van der Waals surface area contributed by atoms with E-state index < -0.39 is 5.56 Å². The monoisotopic (exact) mass is 356 g/mol. The molecule has 5 nitrogen and oxygen atoms in total. The molecule has 1 saturated carbocycles. The van der Waals surface area contributed by atoms with Crippen LogP contribution >= 0.6 is 11.6 Å². The molecule has 1 atom stereocenters. The number of carbonyl (C=O) groups excluding carboxylic acids is 1. The minimum Gasteiger partial charge on any atom is -0.473 e. The van der Waals surface area contributed by atoms with Crippen molar-refractivity contribution in [2.75, 3.05) is 0 Å². The molecule has 1 aromatic carbocycles. The highest BCUT2D eigenvalue weighted by Gasteiger charge is 2.32. The van der Waals surface area contributed by atoms with Crippen molar-refractivity contribution in [1.82, 2.24) is 10.3 Å². The number of carbonyl (C=O) groups is 1. The van der Waals surface area contributed by atoms with E-state index in [0.29, 0.717) is 23.8 Å². The van der Waals surface area contributed by atoms with Crippen molar-refractivity contribution in [3.63, 3.8) is 0 Å². The van der Waals surface area contributed by atoms with E-state index in [2.05, 4.69) is 10.3 Å². The highest BCUT2D eigenvalue weighted by molar-refractivity contribution is 6.20. The van der Waals surface area contributed by atoms with Gasteiger partial charge in [0.05, 0.1) is 11.8 Å². The first-order valence-corrected chi connectivity index (χ1v) is 8.63. The third-order valence-electron chi connectivity index (χ3n) is 4.23. The number of ether oxygens (including phenoxy) is 1. The standard InChI is InChI=1S/C19H17ClN2O3/c20-18(13-2-3-13)25-17-5-7-21-11-15(17)19(23)22-10-12-1-4-16-14(9-12)6-8-24-16/h1,4-9,11,13,18H,2-3,10H2,(H,22,23). The smallest absolute Gasteiger partial charge is 0.256 e. The summed E-state index contributed by atoms with van der Waals surface area (Å²) in [4.78, 5) is 16.6. The summed E-state index contributed by atoms with van der Waals surface area (Å²) in [5.74, 6) is 0.590. The average molecular weight is 357 g/mol. The molecule has 0 aliphatic heterocycles. The number of rotatable bonds is 6. The second-order valence-electron chi connectivity index (χ2n) is 6.15. The molecule has 1 unspecified atom stereocenters. The van der Waals surface area contributed by atoms with Crippen LogP contribution in [0.5, 0.6) is 5.75 Å². The van der Waals surface area contributed by atoms with Gasteiger partial charge in [-0.05, 0) is 42.7 Å². The molecular weight excluding hydrogens is 340 g/mol. The summed E-state index contributed by atoms with van der Waals surface area (Å²) in [5.41, 5.74) is 1.80. The summed E-state index contributed by atoms with van der Waals surface area (Å²) in [6.45, 7) is 0.404. The number of halogens is 1. The van der Waals surface area contributed by atoms with E-state index in [0.717, 1.165) is 29.4 Å². The zero-order chi connectivity index (χ0) is 17.2. The molecule has 1 aliphatic carbocycles. The van der Waals surface area contributed by atoms with Gasteiger partial charge in [0, 0.05) is 30.2 Å². The predicted molar refractivity (Wildman–Crippen MR) is 94.6 cm³/mol. The molecule has 3 aromatic rings. The van der Waals surface area contributed by atoms with Gasteiger partial charge in [-0.1, -0.05) is 17.7 Å². The minimum atomic E-state index is -0.405. The Morgan fingerprint density at radius 3 is 3.08 bits per heavy atom. The SMILES string of the molecule is O=C(NCc1ccc2occc2c1)c1cnccc1OC(Cl)C1CC1. The quantitative estimate of drug-likeness (QED) is 0.675. The average Bonchev–Trinajstić information content (AvgIpc) is 3.38. The molecule has 0 saturated heterocycles. The van der Waals surface area contributed by atoms with Crippen LogP contribution in [0.4, 0.5) is 0 Å². The summed E-state index contributed by atoms with van der Waals surface area (Å²) in [5, 5.41) is 3.90. The van der Waals surface area contributed by atoms with Crippen LogP contribution < -0.4 is 10.1 Å². The van der Waals surface area contributed by atoms with Gasteiger partial charge in [-0.15, -0.1) is 0 Å². The van der Waals surface area contributed by atoms with Crippen molar-refractivity contribution in [3.8, 4) is 5.75 Å². The molecule has 1 N–H and O–H groups in total. The predicted octanol–water partition coefficient (Wildman–Crippen LogP) is 4.11. The van der Waals surface area contributed by atoms with E-state index in [1.807, 2.05) is 24.3 Å². The number of pyridine rings is 1. The lowest BCUT2D eigenvalue weighted by atomic mass is 10.1. The Morgan fingerprint density at radius 1 is 1.36 bits per heavy atom. The largest absolute Gasteiger partial charge is 0.473 e. The Bertz CT molecular complexity index is 904. The second-order valence-corrected chi connectivity index (χ2v) is 6.58. The summed E-state index contributed by atoms with van der Waals surface area (Å²) in [6.07, 6.45) is 6.87. The first-order chi connectivity index (χ1) is 12.2. The van der Waals surface area contributed by atoms with Crippen molar-refractivity contribution in [1.29, 1.82) is 0 Å².